The van der Waals surface area contributed by atoms with Crippen LogP contribution in [0.4, 0.5) is 10.1 Å². The molecule has 1 atom stereocenters. The summed E-state index contributed by atoms with van der Waals surface area (Å²) in [5.74, 6) is -1.53. The van der Waals surface area contributed by atoms with Gasteiger partial charge in [0, 0.05) is 5.69 Å². The van der Waals surface area contributed by atoms with Crippen molar-refractivity contribution >= 4 is 29.1 Å². The number of halogens is 2. The summed E-state index contributed by atoms with van der Waals surface area (Å²) in [7, 11) is 0. The molecule has 0 fully saturated rings. The fraction of sp³-hybridized carbons (Fsp3) is 0.385. The molecule has 4 N–H and O–H groups in total. The van der Waals surface area contributed by atoms with Gasteiger partial charge in [0.05, 0.1) is 17.6 Å². The van der Waals surface area contributed by atoms with Gasteiger partial charge in [-0.2, -0.15) is 0 Å². The fourth-order valence-corrected chi connectivity index (χ4v) is 1.48. The van der Waals surface area contributed by atoms with Gasteiger partial charge in [-0.15, -0.1) is 0 Å². The highest BCUT2D eigenvalue weighted by Crippen LogP contribution is 2.18. The number of carbonyl (C=O) groups is 2. The Bertz CT molecular complexity index is 508. The van der Waals surface area contributed by atoms with Crippen molar-refractivity contribution in [2.75, 3.05) is 11.9 Å². The van der Waals surface area contributed by atoms with E-state index < -0.39 is 23.7 Å². The zero-order valence-corrected chi connectivity index (χ0v) is 12.0. The van der Waals surface area contributed by atoms with Crippen LogP contribution in [0.5, 0.6) is 0 Å². The van der Waals surface area contributed by atoms with Gasteiger partial charge in [-0.25, -0.2) is 4.39 Å². The zero-order valence-electron chi connectivity index (χ0n) is 11.2. The van der Waals surface area contributed by atoms with E-state index >= 15 is 0 Å². The van der Waals surface area contributed by atoms with Crippen LogP contribution in [0.3, 0.4) is 0 Å². The lowest BCUT2D eigenvalue weighted by atomic mass is 10.1. The summed E-state index contributed by atoms with van der Waals surface area (Å²) >= 11 is 5.53. The Morgan fingerprint density at radius 3 is 2.60 bits per heavy atom. The molecule has 1 aromatic carbocycles. The first-order valence-electron chi connectivity index (χ1n) is 6.09. The summed E-state index contributed by atoms with van der Waals surface area (Å²) in [5.41, 5.74) is 5.89. The number of amides is 2. The van der Waals surface area contributed by atoms with Crippen molar-refractivity contribution < 1.29 is 14.0 Å². The second-order valence-corrected chi connectivity index (χ2v) is 5.07. The van der Waals surface area contributed by atoms with Crippen LogP contribution in [-0.2, 0) is 9.59 Å². The Balaban J connectivity index is 2.48. The van der Waals surface area contributed by atoms with Gasteiger partial charge >= 0.3 is 0 Å². The van der Waals surface area contributed by atoms with Gasteiger partial charge in [-0.1, -0.05) is 25.4 Å². The SMILES string of the molecule is CC(C)[C@H](N)C(=O)NCC(=O)Nc1ccc(Cl)c(F)c1. The highest BCUT2D eigenvalue weighted by atomic mass is 35.5. The maximum atomic E-state index is 13.2. The average molecular weight is 302 g/mol. The minimum absolute atomic E-state index is 0.0246. The van der Waals surface area contributed by atoms with Gasteiger partial charge < -0.3 is 16.4 Å². The number of hydrogen-bond acceptors (Lipinski definition) is 3. The average Bonchev–Trinajstić information content (AvgIpc) is 2.39. The molecule has 5 nitrogen and oxygen atoms in total. The Morgan fingerprint density at radius 1 is 1.40 bits per heavy atom. The number of hydrogen-bond donors (Lipinski definition) is 3. The second-order valence-electron chi connectivity index (χ2n) is 4.66. The first-order valence-corrected chi connectivity index (χ1v) is 6.47. The second kappa shape index (κ2) is 7.21. The Labute approximate surface area is 121 Å². The van der Waals surface area contributed by atoms with Gasteiger partial charge in [0.15, 0.2) is 0 Å². The van der Waals surface area contributed by atoms with Gasteiger partial charge in [-0.3, -0.25) is 9.59 Å². The van der Waals surface area contributed by atoms with Crippen LogP contribution >= 0.6 is 11.6 Å². The molecule has 1 aromatic rings. The van der Waals surface area contributed by atoms with E-state index in [-0.39, 0.29) is 23.2 Å². The third kappa shape index (κ3) is 4.79. The number of rotatable bonds is 5. The van der Waals surface area contributed by atoms with Gasteiger partial charge in [0.25, 0.3) is 0 Å². The van der Waals surface area contributed by atoms with Crippen LogP contribution in [0.15, 0.2) is 18.2 Å². The predicted molar refractivity (Wildman–Crippen MR) is 75.9 cm³/mol. The summed E-state index contributed by atoms with van der Waals surface area (Å²) in [6, 6.07) is 3.22. The minimum atomic E-state index is -0.671. The van der Waals surface area contributed by atoms with E-state index in [1.807, 2.05) is 0 Å². The van der Waals surface area contributed by atoms with Crippen molar-refractivity contribution in [3.8, 4) is 0 Å². The molecule has 0 radical (unpaired) electrons. The number of carbonyl (C=O) groups excluding carboxylic acids is 2. The third-order valence-electron chi connectivity index (χ3n) is 2.65. The topological polar surface area (TPSA) is 84.2 Å². The first-order chi connectivity index (χ1) is 9.31. The molecule has 7 heteroatoms. The largest absolute Gasteiger partial charge is 0.346 e. The van der Waals surface area contributed by atoms with Crippen LogP contribution in [-0.4, -0.2) is 24.4 Å². The van der Waals surface area contributed by atoms with Crippen molar-refractivity contribution in [3.63, 3.8) is 0 Å². The van der Waals surface area contributed by atoms with Crippen LogP contribution in [0.2, 0.25) is 5.02 Å². The monoisotopic (exact) mass is 301 g/mol. The summed E-state index contributed by atoms with van der Waals surface area (Å²) in [5, 5.41) is 4.83. The number of nitrogens with two attached hydrogens (primary N) is 1. The molecule has 0 bridgehead atoms. The van der Waals surface area contributed by atoms with E-state index in [1.165, 1.54) is 12.1 Å². The Hall–Kier alpha value is -1.66. The van der Waals surface area contributed by atoms with Crippen molar-refractivity contribution in [2.45, 2.75) is 19.9 Å². The summed E-state index contributed by atoms with van der Waals surface area (Å²) in [6.07, 6.45) is 0. The Kier molecular flexibility index (Phi) is 5.91. The maximum Gasteiger partial charge on any atom is 0.243 e. The van der Waals surface area contributed by atoms with Crippen LogP contribution < -0.4 is 16.4 Å². The normalized spacial score (nSPS) is 12.1. The number of benzene rings is 1. The number of anilines is 1. The Morgan fingerprint density at radius 2 is 2.05 bits per heavy atom. The lowest BCUT2D eigenvalue weighted by Gasteiger charge is -2.15. The molecule has 0 saturated carbocycles. The molecule has 110 valence electrons. The van der Waals surface area contributed by atoms with Crippen molar-refractivity contribution in [2.24, 2.45) is 11.7 Å². The molecule has 1 rings (SSSR count). The van der Waals surface area contributed by atoms with Crippen molar-refractivity contribution in [3.05, 3.63) is 29.0 Å². The first kappa shape index (κ1) is 16.4. The molecule has 0 aliphatic heterocycles. The maximum absolute atomic E-state index is 13.2. The smallest absolute Gasteiger partial charge is 0.243 e. The molecule has 0 aliphatic carbocycles. The number of nitrogens with one attached hydrogen (secondary N) is 2. The molecule has 0 saturated heterocycles. The molecule has 0 heterocycles. The van der Waals surface area contributed by atoms with E-state index in [2.05, 4.69) is 10.6 Å². The van der Waals surface area contributed by atoms with E-state index in [0.717, 1.165) is 6.07 Å². The molecular formula is C13H17ClFN3O2. The van der Waals surface area contributed by atoms with Crippen LogP contribution in [0.25, 0.3) is 0 Å². The highest BCUT2D eigenvalue weighted by Gasteiger charge is 2.17. The summed E-state index contributed by atoms with van der Waals surface area (Å²) in [6.45, 7) is 3.38. The van der Waals surface area contributed by atoms with E-state index in [4.69, 9.17) is 17.3 Å². The lowest BCUT2D eigenvalue weighted by molar-refractivity contribution is -0.125. The van der Waals surface area contributed by atoms with Gasteiger partial charge in [0.2, 0.25) is 11.8 Å². The van der Waals surface area contributed by atoms with Crippen molar-refractivity contribution in [1.29, 1.82) is 0 Å². The quantitative estimate of drug-likeness (QED) is 0.771. The molecule has 0 spiro atoms. The molecule has 2 amide bonds. The lowest BCUT2D eigenvalue weighted by Crippen LogP contribution is -2.46. The van der Waals surface area contributed by atoms with E-state index in [1.54, 1.807) is 13.8 Å². The third-order valence-corrected chi connectivity index (χ3v) is 2.95. The van der Waals surface area contributed by atoms with Crippen LogP contribution in [0.1, 0.15) is 13.8 Å². The van der Waals surface area contributed by atoms with Crippen molar-refractivity contribution in [1.82, 2.24) is 5.32 Å². The van der Waals surface area contributed by atoms with Crippen LogP contribution in [0, 0.1) is 11.7 Å². The van der Waals surface area contributed by atoms with Gasteiger partial charge in [-0.05, 0) is 24.1 Å². The van der Waals surface area contributed by atoms with E-state index in [9.17, 15) is 14.0 Å². The molecule has 20 heavy (non-hydrogen) atoms. The molecule has 0 aliphatic rings. The molecule has 0 aromatic heterocycles. The fourth-order valence-electron chi connectivity index (χ4n) is 1.37. The summed E-state index contributed by atoms with van der Waals surface area (Å²) in [4.78, 5) is 23.1. The zero-order chi connectivity index (χ0) is 15.3. The standard InChI is InChI=1S/C13H17ClFN3O2/c1-7(2)12(16)13(20)17-6-11(19)18-8-3-4-9(14)10(15)5-8/h3-5,7,12H,6,16H2,1-2H3,(H,17,20)(H,18,19)/t12-/m0/s1. The van der Waals surface area contributed by atoms with Gasteiger partial charge in [0.1, 0.15) is 5.82 Å². The predicted octanol–water partition coefficient (Wildman–Crippen LogP) is 1.52. The van der Waals surface area contributed by atoms with E-state index in [0.29, 0.717) is 0 Å². The highest BCUT2D eigenvalue weighted by molar-refractivity contribution is 6.30. The summed E-state index contributed by atoms with van der Waals surface area (Å²) < 4.78 is 13.2. The molecular weight excluding hydrogens is 285 g/mol. The minimum Gasteiger partial charge on any atom is -0.346 e. The molecule has 0 unspecified atom stereocenters.